The van der Waals surface area contributed by atoms with Gasteiger partial charge in [0.25, 0.3) is 0 Å². The summed E-state index contributed by atoms with van der Waals surface area (Å²) in [6, 6.07) is 12.1. The molecule has 3 heterocycles. The molecule has 1 atom stereocenters. The van der Waals surface area contributed by atoms with Gasteiger partial charge in [-0.15, -0.1) is 0 Å². The lowest BCUT2D eigenvalue weighted by Crippen LogP contribution is -2.44. The number of nitrogens with zero attached hydrogens (tertiary/aromatic N) is 3. The van der Waals surface area contributed by atoms with Crippen LogP contribution in [0.15, 0.2) is 36.4 Å². The third-order valence-electron chi connectivity index (χ3n) is 5.46. The van der Waals surface area contributed by atoms with Gasteiger partial charge in [-0.2, -0.15) is 0 Å². The predicted molar refractivity (Wildman–Crippen MR) is 125 cm³/mol. The molecule has 1 N–H and O–H groups in total. The van der Waals surface area contributed by atoms with Crippen LogP contribution in [0.5, 0.6) is 0 Å². The largest absolute Gasteiger partial charge is 0.357 e. The molecule has 4 nitrogen and oxygen atoms in total. The lowest BCUT2D eigenvalue weighted by molar-refractivity contribution is -0.871. The maximum Gasteiger partial charge on any atom is 0.186 e. The Balaban J connectivity index is 1.60. The highest BCUT2D eigenvalue weighted by Gasteiger charge is 2.33. The Kier molecular flexibility index (Phi) is 4.55. The van der Waals surface area contributed by atoms with Crippen molar-refractivity contribution >= 4 is 60.8 Å². The van der Waals surface area contributed by atoms with Gasteiger partial charge in [-0.3, -0.25) is 0 Å². The van der Waals surface area contributed by atoms with E-state index in [0.29, 0.717) is 5.92 Å². The molecule has 7 heteroatoms. The summed E-state index contributed by atoms with van der Waals surface area (Å²) in [5.74, 6) is 0.390. The average molecular weight is 446 g/mol. The molecule has 0 saturated heterocycles. The van der Waals surface area contributed by atoms with Gasteiger partial charge < -0.3 is 14.4 Å². The number of likely N-dealkylation sites (N-methyl/N-ethyl adjacent to an activating group) is 1. The summed E-state index contributed by atoms with van der Waals surface area (Å²) in [5, 5.41) is 3.84. The second-order valence-electron chi connectivity index (χ2n) is 8.87. The number of rotatable bonds is 3. The third kappa shape index (κ3) is 3.61. The van der Waals surface area contributed by atoms with E-state index < -0.39 is 0 Å². The zero-order valence-electron chi connectivity index (χ0n) is 16.7. The van der Waals surface area contributed by atoms with Crippen LogP contribution in [0.25, 0.3) is 21.1 Å². The van der Waals surface area contributed by atoms with E-state index in [0.717, 1.165) is 55.0 Å². The third-order valence-corrected chi connectivity index (χ3v) is 7.01. The molecule has 0 fully saturated rings. The molecule has 150 valence electrons. The van der Waals surface area contributed by atoms with Crippen molar-refractivity contribution in [3.05, 3.63) is 57.7 Å². The Morgan fingerprint density at radius 1 is 1.14 bits per heavy atom. The number of aromatic amines is 1. The highest BCUT2D eigenvalue weighted by Crippen LogP contribution is 2.40. The van der Waals surface area contributed by atoms with Crippen LogP contribution in [0.2, 0.25) is 10.0 Å². The molecule has 0 bridgehead atoms. The number of thiazole rings is 1. The highest BCUT2D eigenvalue weighted by atomic mass is 35.5. The van der Waals surface area contributed by atoms with Gasteiger partial charge in [0.05, 0.1) is 50.4 Å². The number of halogens is 2. The fourth-order valence-corrected chi connectivity index (χ4v) is 5.84. The van der Waals surface area contributed by atoms with Gasteiger partial charge in [0.15, 0.2) is 5.13 Å². The second-order valence-corrected chi connectivity index (χ2v) is 10.7. The fraction of sp³-hybridized carbons (Fsp3) is 0.318. The Morgan fingerprint density at radius 2 is 1.90 bits per heavy atom. The van der Waals surface area contributed by atoms with Gasteiger partial charge >= 0.3 is 0 Å². The zero-order valence-corrected chi connectivity index (χ0v) is 19.0. The van der Waals surface area contributed by atoms with Gasteiger partial charge in [0, 0.05) is 33.2 Å². The summed E-state index contributed by atoms with van der Waals surface area (Å²) >= 11 is 14.2. The van der Waals surface area contributed by atoms with Crippen LogP contribution in [0.4, 0.5) is 5.13 Å². The number of H-pyrrole nitrogens is 1. The van der Waals surface area contributed by atoms with Crippen LogP contribution in [-0.4, -0.2) is 48.7 Å². The van der Waals surface area contributed by atoms with Crippen LogP contribution in [0.3, 0.4) is 0 Å². The minimum absolute atomic E-state index is 0.390. The molecule has 0 saturated carbocycles. The quantitative estimate of drug-likeness (QED) is 0.398. The molecule has 29 heavy (non-hydrogen) atoms. The van der Waals surface area contributed by atoms with Gasteiger partial charge in [-0.25, -0.2) is 4.98 Å². The average Bonchev–Trinajstić information content (AvgIpc) is 3.20. The second kappa shape index (κ2) is 6.88. The van der Waals surface area contributed by atoms with Gasteiger partial charge in [0.2, 0.25) is 0 Å². The molecule has 2 aromatic heterocycles. The van der Waals surface area contributed by atoms with E-state index in [-0.39, 0.29) is 0 Å². The van der Waals surface area contributed by atoms with Crippen LogP contribution >= 0.6 is 34.5 Å². The summed E-state index contributed by atoms with van der Waals surface area (Å²) < 4.78 is 2.03. The van der Waals surface area contributed by atoms with Crippen molar-refractivity contribution in [2.45, 2.75) is 12.5 Å². The van der Waals surface area contributed by atoms with Crippen LogP contribution in [-0.2, 0) is 6.54 Å². The van der Waals surface area contributed by atoms with Crippen molar-refractivity contribution in [2.75, 3.05) is 39.1 Å². The van der Waals surface area contributed by atoms with E-state index in [1.165, 1.54) is 16.6 Å². The summed E-state index contributed by atoms with van der Waals surface area (Å²) in [7, 11) is 6.75. The number of anilines is 1. The molecule has 2 aromatic carbocycles. The SMILES string of the molecule is C[N+](C)(C)CC1CN(c2nc3ccc(Cl)cc3s2)Cc2[nH]c3ccc(Cl)cc3c21. The van der Waals surface area contributed by atoms with E-state index >= 15 is 0 Å². The van der Waals surface area contributed by atoms with Crippen molar-refractivity contribution in [2.24, 2.45) is 0 Å². The number of quaternary nitrogens is 1. The molecule has 4 aromatic rings. The molecular weight excluding hydrogens is 423 g/mol. The summed E-state index contributed by atoms with van der Waals surface area (Å²) in [5.41, 5.74) is 4.84. The van der Waals surface area contributed by atoms with Crippen molar-refractivity contribution in [3.8, 4) is 0 Å². The first-order valence-electron chi connectivity index (χ1n) is 9.68. The Morgan fingerprint density at radius 3 is 2.69 bits per heavy atom. The maximum absolute atomic E-state index is 6.33. The summed E-state index contributed by atoms with van der Waals surface area (Å²) in [4.78, 5) is 10.9. The van der Waals surface area contributed by atoms with Gasteiger partial charge in [-0.05, 0) is 42.0 Å². The minimum Gasteiger partial charge on any atom is -0.357 e. The van der Waals surface area contributed by atoms with E-state index in [4.69, 9.17) is 28.2 Å². The standard InChI is InChI=1S/C22H23Cl2N4S/c1-28(2,3)12-13-10-27(22-26-18-7-5-15(24)9-20(18)29-22)11-19-21(13)16-8-14(23)4-6-17(16)25-19/h4-9,13,25H,10-12H2,1-3H3/q+1. The smallest absolute Gasteiger partial charge is 0.186 e. The van der Waals surface area contributed by atoms with Crippen LogP contribution in [0, 0.1) is 0 Å². The van der Waals surface area contributed by atoms with E-state index in [9.17, 15) is 0 Å². The first kappa shape index (κ1) is 19.2. The van der Waals surface area contributed by atoms with E-state index in [1.54, 1.807) is 11.3 Å². The Hall–Kier alpha value is -1.79. The molecule has 0 spiro atoms. The predicted octanol–water partition coefficient (Wildman–Crippen LogP) is 5.89. The van der Waals surface area contributed by atoms with Crippen LogP contribution in [0.1, 0.15) is 17.2 Å². The van der Waals surface area contributed by atoms with Crippen molar-refractivity contribution in [1.29, 1.82) is 0 Å². The summed E-state index contributed by atoms with van der Waals surface area (Å²) in [6.07, 6.45) is 0. The molecule has 1 unspecified atom stereocenters. The topological polar surface area (TPSA) is 31.9 Å². The normalized spacial score (nSPS) is 17.3. The van der Waals surface area contributed by atoms with Crippen molar-refractivity contribution in [3.63, 3.8) is 0 Å². The zero-order chi connectivity index (χ0) is 20.3. The Labute approximate surface area is 184 Å². The first-order chi connectivity index (χ1) is 13.8. The number of hydrogen-bond donors (Lipinski definition) is 1. The number of benzene rings is 2. The van der Waals surface area contributed by atoms with Crippen molar-refractivity contribution in [1.82, 2.24) is 9.97 Å². The number of nitrogens with one attached hydrogen (secondary N) is 1. The molecule has 0 aliphatic carbocycles. The van der Waals surface area contributed by atoms with Crippen LogP contribution < -0.4 is 4.90 Å². The minimum atomic E-state index is 0.390. The Bertz CT molecular complexity index is 1220. The lowest BCUT2D eigenvalue weighted by atomic mass is 9.91. The van der Waals surface area contributed by atoms with Gasteiger partial charge in [0.1, 0.15) is 0 Å². The molecule has 0 amide bonds. The molecule has 1 aliphatic rings. The number of fused-ring (bicyclic) bond motifs is 4. The lowest BCUT2D eigenvalue weighted by Gasteiger charge is -2.36. The first-order valence-corrected chi connectivity index (χ1v) is 11.3. The number of aromatic nitrogens is 2. The van der Waals surface area contributed by atoms with E-state index in [1.807, 2.05) is 24.3 Å². The van der Waals surface area contributed by atoms with Gasteiger partial charge in [-0.1, -0.05) is 34.5 Å². The fourth-order valence-electron chi connectivity index (χ4n) is 4.42. The molecule has 1 aliphatic heterocycles. The monoisotopic (exact) mass is 445 g/mol. The van der Waals surface area contributed by atoms with E-state index in [2.05, 4.69) is 43.2 Å². The molecule has 5 rings (SSSR count). The summed E-state index contributed by atoms with van der Waals surface area (Å²) in [6.45, 7) is 2.80. The maximum atomic E-state index is 6.33. The molecule has 0 radical (unpaired) electrons. The molecular formula is C22H23Cl2N4S+. The highest BCUT2D eigenvalue weighted by molar-refractivity contribution is 7.22. The van der Waals surface area contributed by atoms with Crippen molar-refractivity contribution < 1.29 is 4.48 Å². The number of hydrogen-bond acceptors (Lipinski definition) is 3.